The van der Waals surface area contributed by atoms with Crippen LogP contribution in [0.15, 0.2) is 71.6 Å². The van der Waals surface area contributed by atoms with Gasteiger partial charge in [0.1, 0.15) is 5.75 Å². The monoisotopic (exact) mass is 681 g/mol. The first kappa shape index (κ1) is 35.5. The first-order chi connectivity index (χ1) is 23.0. The van der Waals surface area contributed by atoms with Gasteiger partial charge in [-0.1, -0.05) is 31.2 Å². The maximum absolute atomic E-state index is 14.4. The number of nitrogens with one attached hydrogen (secondary N) is 1. The van der Waals surface area contributed by atoms with Crippen molar-refractivity contribution >= 4 is 21.6 Å². The van der Waals surface area contributed by atoms with Crippen molar-refractivity contribution in [1.29, 1.82) is 0 Å². The molecule has 2 aliphatic rings. The van der Waals surface area contributed by atoms with E-state index in [9.17, 15) is 18.3 Å². The van der Waals surface area contributed by atoms with E-state index >= 15 is 0 Å². The number of aliphatic hydroxyl groups excluding tert-OH is 1. The van der Waals surface area contributed by atoms with Gasteiger partial charge >= 0.3 is 0 Å². The number of sulfonamides is 1. The fraction of sp³-hybridized carbons (Fsp3) is 0.472. The number of carbonyl (C=O) groups is 1. The van der Waals surface area contributed by atoms with Gasteiger partial charge in [-0.25, -0.2) is 8.42 Å². The molecule has 0 fully saturated rings. The molecule has 2 heterocycles. The molecule has 2 aliphatic heterocycles. The molecule has 11 nitrogen and oxygen atoms in total. The Morgan fingerprint density at radius 2 is 1.75 bits per heavy atom. The smallest absolute Gasteiger partial charge is 0.261 e. The van der Waals surface area contributed by atoms with Crippen molar-refractivity contribution in [3.8, 4) is 17.2 Å². The zero-order chi connectivity index (χ0) is 34.3. The highest BCUT2D eigenvalue weighted by Gasteiger charge is 2.31. The number of ether oxygens (including phenoxy) is 4. The van der Waals surface area contributed by atoms with Crippen LogP contribution in [0.25, 0.3) is 0 Å². The molecular formula is C36H47N3O8S. The van der Waals surface area contributed by atoms with Gasteiger partial charge in [-0.3, -0.25) is 14.4 Å². The zero-order valence-corrected chi connectivity index (χ0v) is 28.9. The Balaban J connectivity index is 1.40. The average molecular weight is 682 g/mol. The number of likely N-dealkylation sites (N-methyl/N-ethyl adjacent to an activating group) is 1. The largest absolute Gasteiger partial charge is 0.490 e. The van der Waals surface area contributed by atoms with Crippen LogP contribution < -0.4 is 18.9 Å². The second kappa shape index (κ2) is 16.0. The van der Waals surface area contributed by atoms with Gasteiger partial charge in [0.15, 0.2) is 11.5 Å². The van der Waals surface area contributed by atoms with Gasteiger partial charge < -0.3 is 29.0 Å². The summed E-state index contributed by atoms with van der Waals surface area (Å²) in [6.45, 7) is 7.94. The number of fused-ring (bicyclic) bond motifs is 2. The van der Waals surface area contributed by atoms with Crippen LogP contribution in [-0.2, 0) is 21.3 Å². The lowest BCUT2D eigenvalue weighted by Gasteiger charge is -2.36. The Kier molecular flexibility index (Phi) is 11.9. The number of aliphatic hydroxyl groups is 1. The highest BCUT2D eigenvalue weighted by Crippen LogP contribution is 2.33. The Morgan fingerprint density at radius 3 is 2.52 bits per heavy atom. The molecule has 3 aromatic carbocycles. The topological polar surface area (TPSA) is 127 Å². The lowest BCUT2D eigenvalue weighted by Crippen LogP contribution is -2.47. The van der Waals surface area contributed by atoms with Gasteiger partial charge in [0.2, 0.25) is 6.79 Å². The minimum Gasteiger partial charge on any atom is -0.490 e. The number of hydrogen-bond donors (Lipinski definition) is 2. The molecule has 0 bridgehead atoms. The van der Waals surface area contributed by atoms with Gasteiger partial charge in [0, 0.05) is 37.8 Å². The van der Waals surface area contributed by atoms with E-state index < -0.39 is 16.1 Å². The minimum absolute atomic E-state index is 0.104. The quantitative estimate of drug-likeness (QED) is 0.316. The Hall–Kier alpha value is -3.84. The van der Waals surface area contributed by atoms with Crippen molar-refractivity contribution in [2.24, 2.45) is 5.92 Å². The fourth-order valence-electron chi connectivity index (χ4n) is 5.99. The van der Waals surface area contributed by atoms with Crippen LogP contribution in [0.3, 0.4) is 0 Å². The predicted octanol–water partition coefficient (Wildman–Crippen LogP) is 5.14. The number of rotatable bonds is 9. The van der Waals surface area contributed by atoms with Gasteiger partial charge in [-0.05, 0) is 88.2 Å². The third-order valence-electron chi connectivity index (χ3n) is 8.74. The summed E-state index contributed by atoms with van der Waals surface area (Å²) in [6, 6.07) is 18.3. The maximum Gasteiger partial charge on any atom is 0.261 e. The van der Waals surface area contributed by atoms with Crippen molar-refractivity contribution in [1.82, 2.24) is 9.80 Å². The molecule has 12 heteroatoms. The number of carbonyl (C=O) groups excluding carboxylic acids is 1. The average Bonchev–Trinajstić information content (AvgIpc) is 3.54. The summed E-state index contributed by atoms with van der Waals surface area (Å²) in [5.41, 5.74) is 1.54. The third-order valence-corrected chi connectivity index (χ3v) is 10.1. The van der Waals surface area contributed by atoms with E-state index in [0.29, 0.717) is 32.0 Å². The van der Waals surface area contributed by atoms with Crippen LogP contribution >= 0.6 is 0 Å². The molecule has 3 aromatic rings. The normalized spacial score (nSPS) is 21.2. The Morgan fingerprint density at radius 1 is 1.00 bits per heavy atom. The summed E-state index contributed by atoms with van der Waals surface area (Å²) in [7, 11) is -1.85. The Labute approximate surface area is 283 Å². The van der Waals surface area contributed by atoms with Crippen LogP contribution in [0, 0.1) is 5.92 Å². The lowest BCUT2D eigenvalue weighted by atomic mass is 10.0. The van der Waals surface area contributed by atoms with Crippen LogP contribution in [0.1, 0.15) is 56.0 Å². The molecule has 0 aromatic heterocycles. The Bertz CT molecular complexity index is 1640. The molecule has 0 aliphatic carbocycles. The second-order valence-electron chi connectivity index (χ2n) is 12.8. The van der Waals surface area contributed by atoms with Crippen molar-refractivity contribution in [3.63, 3.8) is 0 Å². The van der Waals surface area contributed by atoms with Gasteiger partial charge in [-0.2, -0.15) is 0 Å². The van der Waals surface area contributed by atoms with Gasteiger partial charge in [0.25, 0.3) is 15.9 Å². The number of anilines is 1. The van der Waals surface area contributed by atoms with Crippen LogP contribution in [0.5, 0.6) is 17.2 Å². The summed E-state index contributed by atoms with van der Waals surface area (Å²) >= 11 is 0. The van der Waals surface area contributed by atoms with Crippen molar-refractivity contribution < 1.29 is 37.3 Å². The molecule has 48 heavy (non-hydrogen) atoms. The van der Waals surface area contributed by atoms with Crippen molar-refractivity contribution in [2.45, 2.75) is 69.7 Å². The summed E-state index contributed by atoms with van der Waals surface area (Å²) in [5.74, 6) is 1.38. The highest BCUT2D eigenvalue weighted by molar-refractivity contribution is 7.92. The van der Waals surface area contributed by atoms with Crippen molar-refractivity contribution in [2.75, 3.05) is 44.9 Å². The van der Waals surface area contributed by atoms with Crippen LogP contribution in [0.4, 0.5) is 5.69 Å². The summed E-state index contributed by atoms with van der Waals surface area (Å²) in [6.07, 6.45) is 2.08. The van der Waals surface area contributed by atoms with Gasteiger partial charge in [-0.15, -0.1) is 0 Å². The third kappa shape index (κ3) is 8.98. The zero-order valence-electron chi connectivity index (χ0n) is 28.1. The predicted molar refractivity (Wildman–Crippen MR) is 183 cm³/mol. The summed E-state index contributed by atoms with van der Waals surface area (Å²) in [4.78, 5) is 18.3. The molecule has 5 rings (SSSR count). The SMILES string of the molecule is C[C@H]1CCCCO[C@H](CN(C)Cc2ccc3c(c2)OCO3)[C@@H](C)CN([C@@H](C)CO)C(=O)c2cc(NS(=O)(=O)c3ccccc3)ccc2O1. The standard InChI is InChI=1S/C36H47N3O8S/c1-25-20-39(26(2)23-40)36(41)31-19-29(37-48(42,43)30-11-6-5-7-12-30)14-16-32(31)47-27(3)10-8-9-17-44-35(25)22-38(4)21-28-13-15-33-34(18-28)46-24-45-33/h5-7,11-16,18-19,25-27,35,37,40H,8-10,17,20-24H2,1-4H3/t25-,26-,27-,35+/m0/s1. The summed E-state index contributed by atoms with van der Waals surface area (Å²) < 4.78 is 52.7. The fourth-order valence-corrected chi connectivity index (χ4v) is 7.06. The number of nitrogens with zero attached hydrogens (tertiary/aromatic N) is 2. The van der Waals surface area contributed by atoms with E-state index in [1.807, 2.05) is 32.2 Å². The first-order valence-corrected chi connectivity index (χ1v) is 18.0. The molecule has 0 saturated carbocycles. The van der Waals surface area contributed by atoms with Crippen molar-refractivity contribution in [3.05, 3.63) is 77.9 Å². The van der Waals surface area contributed by atoms with E-state index in [-0.39, 0.29) is 53.6 Å². The highest BCUT2D eigenvalue weighted by atomic mass is 32.2. The number of benzene rings is 3. The molecule has 0 spiro atoms. The van der Waals surface area contributed by atoms with E-state index in [1.165, 1.54) is 18.2 Å². The lowest BCUT2D eigenvalue weighted by molar-refractivity contribution is -0.0177. The molecule has 260 valence electrons. The van der Waals surface area contributed by atoms with Crippen LogP contribution in [0.2, 0.25) is 0 Å². The number of hydrogen-bond acceptors (Lipinski definition) is 9. The van der Waals surface area contributed by atoms with E-state index in [4.69, 9.17) is 18.9 Å². The molecule has 2 N–H and O–H groups in total. The first-order valence-electron chi connectivity index (χ1n) is 16.5. The second-order valence-corrected chi connectivity index (χ2v) is 14.5. The van der Waals surface area contributed by atoms with E-state index in [2.05, 4.69) is 16.5 Å². The van der Waals surface area contributed by atoms with Gasteiger partial charge in [0.05, 0.1) is 35.3 Å². The molecule has 0 unspecified atom stereocenters. The minimum atomic E-state index is -3.90. The molecule has 0 saturated heterocycles. The molecule has 0 radical (unpaired) electrons. The van der Waals surface area contributed by atoms with E-state index in [1.54, 1.807) is 42.2 Å². The maximum atomic E-state index is 14.4. The number of amides is 1. The molecule has 4 atom stereocenters. The molecule has 1 amide bonds. The van der Waals surface area contributed by atoms with Crippen LogP contribution in [-0.4, -0.2) is 87.6 Å². The summed E-state index contributed by atoms with van der Waals surface area (Å²) in [5, 5.41) is 10.3. The molecular weight excluding hydrogens is 634 g/mol. The van der Waals surface area contributed by atoms with E-state index in [0.717, 1.165) is 36.3 Å².